The van der Waals surface area contributed by atoms with Gasteiger partial charge in [0.05, 0.1) is 13.2 Å². The summed E-state index contributed by atoms with van der Waals surface area (Å²) in [6.07, 6.45) is 1.72. The molecule has 1 fully saturated rings. The van der Waals surface area contributed by atoms with Crippen molar-refractivity contribution in [2.45, 2.75) is 32.8 Å². The minimum Gasteiger partial charge on any atom is -0.489 e. The van der Waals surface area contributed by atoms with Crippen LogP contribution in [0, 0.1) is 12.3 Å². The summed E-state index contributed by atoms with van der Waals surface area (Å²) in [4.78, 5) is 4.27. The van der Waals surface area contributed by atoms with Crippen LogP contribution in [0.15, 0.2) is 29.3 Å². The van der Waals surface area contributed by atoms with Crippen molar-refractivity contribution in [1.82, 2.24) is 10.6 Å². The Kier molecular flexibility index (Phi) is 7.52. The quantitative estimate of drug-likeness (QED) is 0.492. The highest BCUT2D eigenvalue weighted by molar-refractivity contribution is 5.79. The highest BCUT2D eigenvalue weighted by atomic mass is 16.5. The zero-order valence-electron chi connectivity index (χ0n) is 15.5. The number of benzene rings is 1. The molecule has 0 aliphatic carbocycles. The number of nitrogens with zero attached hydrogens (tertiary/aromatic N) is 1. The van der Waals surface area contributed by atoms with Gasteiger partial charge in [0.1, 0.15) is 11.9 Å². The summed E-state index contributed by atoms with van der Waals surface area (Å²) < 4.78 is 11.4. The van der Waals surface area contributed by atoms with Crippen LogP contribution in [-0.2, 0) is 4.74 Å². The van der Waals surface area contributed by atoms with Crippen molar-refractivity contribution in [3.63, 3.8) is 0 Å². The van der Waals surface area contributed by atoms with Crippen LogP contribution in [0.4, 0.5) is 0 Å². The number of nitrogens with one attached hydrogen (secondary N) is 2. The van der Waals surface area contributed by atoms with E-state index in [1.54, 1.807) is 7.05 Å². The Morgan fingerprint density at radius 1 is 1.44 bits per heavy atom. The van der Waals surface area contributed by atoms with Gasteiger partial charge in [-0.2, -0.15) is 0 Å². The zero-order chi connectivity index (χ0) is 18.1. The third-order valence-corrected chi connectivity index (χ3v) is 4.57. The van der Waals surface area contributed by atoms with Crippen LogP contribution in [0.25, 0.3) is 0 Å². The van der Waals surface area contributed by atoms with Crippen molar-refractivity contribution in [2.75, 3.05) is 40.0 Å². The molecule has 1 aliphatic heterocycles. The number of hydrogen-bond acceptors (Lipinski definition) is 4. The summed E-state index contributed by atoms with van der Waals surface area (Å²) in [6.45, 7) is 7.09. The number of rotatable bonds is 8. The molecule has 25 heavy (non-hydrogen) atoms. The fourth-order valence-electron chi connectivity index (χ4n) is 3.01. The molecule has 2 atom stereocenters. The minimum absolute atomic E-state index is 0.00392. The van der Waals surface area contributed by atoms with Gasteiger partial charge in [0.2, 0.25) is 0 Å². The minimum atomic E-state index is -0.00392. The molecule has 140 valence electrons. The highest BCUT2D eigenvalue weighted by Gasteiger charge is 2.34. The summed E-state index contributed by atoms with van der Waals surface area (Å²) in [7, 11) is 1.76. The highest BCUT2D eigenvalue weighted by Crippen LogP contribution is 2.31. The van der Waals surface area contributed by atoms with E-state index in [0.717, 1.165) is 37.7 Å². The second kappa shape index (κ2) is 9.63. The van der Waals surface area contributed by atoms with Crippen molar-refractivity contribution in [1.29, 1.82) is 0 Å². The first-order valence-electron chi connectivity index (χ1n) is 8.93. The maximum absolute atomic E-state index is 9.30. The fraction of sp³-hybridized carbons (Fsp3) is 0.632. The average Bonchev–Trinajstić information content (AvgIpc) is 3.04. The van der Waals surface area contributed by atoms with Gasteiger partial charge in [-0.1, -0.05) is 12.1 Å². The van der Waals surface area contributed by atoms with E-state index in [1.807, 2.05) is 25.1 Å². The van der Waals surface area contributed by atoms with Gasteiger partial charge in [-0.3, -0.25) is 4.99 Å². The van der Waals surface area contributed by atoms with E-state index in [2.05, 4.69) is 28.6 Å². The Morgan fingerprint density at radius 3 is 2.92 bits per heavy atom. The van der Waals surface area contributed by atoms with Crippen LogP contribution >= 0.6 is 0 Å². The SMILES string of the molecule is CN=C(NCC(C)Oc1cccc(C)c1)NCC1(CCO)CCOC1. The molecule has 1 aliphatic rings. The smallest absolute Gasteiger partial charge is 0.191 e. The van der Waals surface area contributed by atoms with Crippen LogP contribution in [0.2, 0.25) is 0 Å². The van der Waals surface area contributed by atoms with Gasteiger partial charge in [0.15, 0.2) is 5.96 Å². The van der Waals surface area contributed by atoms with E-state index in [-0.39, 0.29) is 18.1 Å². The first kappa shape index (κ1) is 19.5. The Labute approximate surface area is 150 Å². The largest absolute Gasteiger partial charge is 0.489 e. The van der Waals surface area contributed by atoms with E-state index in [4.69, 9.17) is 9.47 Å². The first-order valence-corrected chi connectivity index (χ1v) is 8.93. The lowest BCUT2D eigenvalue weighted by Crippen LogP contribution is -2.46. The molecular formula is C19H31N3O3. The van der Waals surface area contributed by atoms with E-state index in [9.17, 15) is 5.11 Å². The number of aryl methyl sites for hydroxylation is 1. The molecular weight excluding hydrogens is 318 g/mol. The summed E-state index contributed by atoms with van der Waals surface area (Å²) in [5.74, 6) is 1.62. The van der Waals surface area contributed by atoms with Crippen LogP contribution < -0.4 is 15.4 Å². The normalized spacial score (nSPS) is 21.8. The molecule has 0 amide bonds. The standard InChI is InChI=1S/C19H31N3O3/c1-15-5-4-6-17(11-15)25-16(2)12-21-18(20-3)22-13-19(7-9-23)8-10-24-14-19/h4-6,11,16,23H,7-10,12-14H2,1-3H3,(H2,20,21,22). The first-order chi connectivity index (χ1) is 12.1. The molecule has 0 saturated carbocycles. The molecule has 1 heterocycles. The lowest BCUT2D eigenvalue weighted by molar-refractivity contribution is 0.127. The van der Waals surface area contributed by atoms with Crippen molar-refractivity contribution >= 4 is 5.96 Å². The molecule has 6 heteroatoms. The van der Waals surface area contributed by atoms with Crippen molar-refractivity contribution < 1.29 is 14.6 Å². The lowest BCUT2D eigenvalue weighted by Gasteiger charge is -2.28. The number of aliphatic imine (C=N–C) groups is 1. The molecule has 0 spiro atoms. The van der Waals surface area contributed by atoms with Crippen molar-refractivity contribution in [2.24, 2.45) is 10.4 Å². The van der Waals surface area contributed by atoms with Crippen LogP contribution in [0.5, 0.6) is 5.75 Å². The number of aliphatic hydroxyl groups excluding tert-OH is 1. The van der Waals surface area contributed by atoms with E-state index in [1.165, 1.54) is 5.56 Å². The van der Waals surface area contributed by atoms with Gasteiger partial charge in [-0.05, 0) is 44.4 Å². The molecule has 2 rings (SSSR count). The van der Waals surface area contributed by atoms with Crippen LogP contribution in [0.3, 0.4) is 0 Å². The number of ether oxygens (including phenoxy) is 2. The van der Waals surface area contributed by atoms with Crippen LogP contribution in [0.1, 0.15) is 25.3 Å². The Hall–Kier alpha value is -1.79. The van der Waals surface area contributed by atoms with Crippen molar-refractivity contribution in [3.8, 4) is 5.75 Å². The van der Waals surface area contributed by atoms with Gasteiger partial charge in [-0.25, -0.2) is 0 Å². The fourth-order valence-corrected chi connectivity index (χ4v) is 3.01. The number of hydrogen-bond donors (Lipinski definition) is 3. The zero-order valence-corrected chi connectivity index (χ0v) is 15.5. The Bertz CT molecular complexity index is 557. The summed E-state index contributed by atoms with van der Waals surface area (Å²) in [6, 6.07) is 8.05. The predicted molar refractivity (Wildman–Crippen MR) is 100 cm³/mol. The maximum Gasteiger partial charge on any atom is 0.191 e. The molecule has 1 saturated heterocycles. The second-order valence-corrected chi connectivity index (χ2v) is 6.83. The van der Waals surface area contributed by atoms with Gasteiger partial charge < -0.3 is 25.2 Å². The van der Waals surface area contributed by atoms with Gasteiger partial charge in [0.25, 0.3) is 0 Å². The van der Waals surface area contributed by atoms with E-state index < -0.39 is 0 Å². The maximum atomic E-state index is 9.30. The summed E-state index contributed by atoms with van der Waals surface area (Å²) in [5.41, 5.74) is 1.18. The average molecular weight is 349 g/mol. The molecule has 0 radical (unpaired) electrons. The summed E-state index contributed by atoms with van der Waals surface area (Å²) >= 11 is 0. The van der Waals surface area contributed by atoms with Gasteiger partial charge in [-0.15, -0.1) is 0 Å². The van der Waals surface area contributed by atoms with Crippen LogP contribution in [-0.4, -0.2) is 57.1 Å². The van der Waals surface area contributed by atoms with Crippen molar-refractivity contribution in [3.05, 3.63) is 29.8 Å². The molecule has 6 nitrogen and oxygen atoms in total. The molecule has 3 N–H and O–H groups in total. The van der Waals surface area contributed by atoms with Gasteiger partial charge >= 0.3 is 0 Å². The summed E-state index contributed by atoms with van der Waals surface area (Å²) in [5, 5.41) is 16.0. The van der Waals surface area contributed by atoms with E-state index in [0.29, 0.717) is 13.2 Å². The third kappa shape index (κ3) is 6.21. The molecule has 2 unspecified atom stereocenters. The third-order valence-electron chi connectivity index (χ3n) is 4.57. The lowest BCUT2D eigenvalue weighted by atomic mass is 9.84. The topological polar surface area (TPSA) is 75.1 Å². The Balaban J connectivity index is 1.77. The monoisotopic (exact) mass is 349 g/mol. The van der Waals surface area contributed by atoms with Gasteiger partial charge in [0, 0.05) is 32.2 Å². The molecule has 1 aromatic carbocycles. The Morgan fingerprint density at radius 2 is 2.28 bits per heavy atom. The predicted octanol–water partition coefficient (Wildman–Crippen LogP) is 1.72. The molecule has 1 aromatic rings. The van der Waals surface area contributed by atoms with E-state index >= 15 is 0 Å². The molecule has 0 bridgehead atoms. The molecule has 0 aromatic heterocycles. The number of guanidine groups is 1. The number of aliphatic hydroxyl groups is 1. The second-order valence-electron chi connectivity index (χ2n) is 6.83.